The van der Waals surface area contributed by atoms with Gasteiger partial charge < -0.3 is 41.7 Å². The second kappa shape index (κ2) is 25.7. The topological polar surface area (TPSA) is 216 Å². The fourth-order valence-electron chi connectivity index (χ4n) is 13.2. The number of carbonyl (C=O) groups is 6. The van der Waals surface area contributed by atoms with Crippen LogP contribution >= 0.6 is 0 Å². The van der Waals surface area contributed by atoms with Crippen molar-refractivity contribution >= 4 is 46.7 Å². The summed E-state index contributed by atoms with van der Waals surface area (Å²) in [5.41, 5.74) is 7.42. The van der Waals surface area contributed by atoms with Crippen molar-refractivity contribution in [3.63, 3.8) is 0 Å². The lowest BCUT2D eigenvalue weighted by Gasteiger charge is -2.35. The highest BCUT2D eigenvalue weighted by molar-refractivity contribution is 5.98. The van der Waals surface area contributed by atoms with E-state index in [1.807, 2.05) is 128 Å². The Bertz CT molecular complexity index is 3250. The van der Waals surface area contributed by atoms with E-state index in [9.17, 15) is 19.2 Å². The first-order valence-electron chi connectivity index (χ1n) is 30.2. The summed E-state index contributed by atoms with van der Waals surface area (Å²) in [6.45, 7) is 3.95. The summed E-state index contributed by atoms with van der Waals surface area (Å²) in [6.07, 6.45) is 14.1. The first kappa shape index (κ1) is 57.6. The van der Waals surface area contributed by atoms with E-state index >= 15 is 9.59 Å². The van der Waals surface area contributed by atoms with Gasteiger partial charge in [0, 0.05) is 48.7 Å². The van der Waals surface area contributed by atoms with Gasteiger partial charge in [-0.3, -0.25) is 37.6 Å². The van der Waals surface area contributed by atoms with Gasteiger partial charge in [-0.05, 0) is 138 Å². The molecule has 6 heterocycles. The predicted octanol–water partition coefficient (Wildman–Crippen LogP) is 7.81. The molecule has 2 saturated carbocycles. The third-order valence-corrected chi connectivity index (χ3v) is 18.1. The highest BCUT2D eigenvalue weighted by atomic mass is 16.2. The summed E-state index contributed by atoms with van der Waals surface area (Å²) in [5.74, 6) is -1.67. The first-order chi connectivity index (χ1) is 40.8. The fourth-order valence-corrected chi connectivity index (χ4v) is 13.2. The number of imidazole rings is 2. The molecule has 2 aliphatic carbocycles. The molecule has 2 aliphatic heterocycles. The Balaban J connectivity index is 0.827. The summed E-state index contributed by atoms with van der Waals surface area (Å²) >= 11 is 0. The Kier molecular flexibility index (Phi) is 17.6. The van der Waals surface area contributed by atoms with E-state index < -0.39 is 48.3 Å². The Morgan fingerprint density at radius 3 is 1.23 bits per heavy atom. The minimum absolute atomic E-state index is 0.0393. The molecule has 0 radical (unpaired) electrons. The van der Waals surface area contributed by atoms with E-state index in [0.29, 0.717) is 35.4 Å². The normalized spacial score (nSPS) is 21.0. The van der Waals surface area contributed by atoms with Crippen LogP contribution in [0.25, 0.3) is 33.8 Å². The van der Waals surface area contributed by atoms with E-state index in [0.717, 1.165) is 98.0 Å². The molecule has 4 fully saturated rings. The average Bonchev–Trinajstić information content (AvgIpc) is 2.65. The molecule has 84 heavy (non-hydrogen) atoms. The molecule has 7 aromatic rings. The third-order valence-electron chi connectivity index (χ3n) is 18.1. The zero-order chi connectivity index (χ0) is 58.4. The van der Waals surface area contributed by atoms with E-state index in [1.54, 1.807) is 52.2 Å². The van der Waals surface area contributed by atoms with Crippen LogP contribution in [0.15, 0.2) is 134 Å². The third kappa shape index (κ3) is 12.4. The number of fused-ring (bicyclic) bond motifs is 2. The smallest absolute Gasteiger partial charge is 0.251 e. The molecule has 0 bridgehead atoms. The summed E-state index contributed by atoms with van der Waals surface area (Å²) in [6, 6.07) is 34.1. The number of rotatable bonds is 18. The Labute approximate surface area is 491 Å². The number of likely N-dealkylation sites (N-methyl/N-ethyl adjacent to an activating group) is 2. The molecule has 4 aliphatic rings. The molecule has 438 valence electrons. The van der Waals surface area contributed by atoms with Crippen LogP contribution in [0.5, 0.6) is 0 Å². The van der Waals surface area contributed by atoms with Crippen LogP contribution < -0.4 is 31.9 Å². The molecule has 4 aromatic heterocycles. The number of likely N-dealkylation sites (tertiary alicyclic amines) is 2. The zero-order valence-corrected chi connectivity index (χ0v) is 48.5. The highest BCUT2D eigenvalue weighted by Gasteiger charge is 2.45. The number of hydrogen-bond acceptors (Lipinski definition) is 10. The highest BCUT2D eigenvalue weighted by Crippen LogP contribution is 2.39. The molecule has 18 nitrogen and oxygen atoms in total. The molecule has 8 unspecified atom stereocenters. The fraction of sp³-hybridized carbons (Fsp3) is 0.424. The Morgan fingerprint density at radius 2 is 0.857 bits per heavy atom. The molecule has 6 N–H and O–H groups in total. The van der Waals surface area contributed by atoms with Gasteiger partial charge in [0.2, 0.25) is 23.6 Å². The van der Waals surface area contributed by atoms with Crippen molar-refractivity contribution in [1.82, 2.24) is 60.5 Å². The lowest BCUT2D eigenvalue weighted by molar-refractivity contribution is -0.139. The lowest BCUT2D eigenvalue weighted by atomic mass is 9.83. The molecule has 3 aromatic carbocycles. The van der Waals surface area contributed by atoms with Gasteiger partial charge in [-0.15, -0.1) is 0 Å². The minimum Gasteiger partial charge on any atom is -0.347 e. The van der Waals surface area contributed by atoms with Crippen molar-refractivity contribution in [2.75, 3.05) is 27.2 Å². The van der Waals surface area contributed by atoms with Crippen molar-refractivity contribution in [3.8, 4) is 22.5 Å². The lowest BCUT2D eigenvalue weighted by Crippen LogP contribution is -2.56. The number of benzene rings is 3. The number of pyridine rings is 2. The van der Waals surface area contributed by atoms with Gasteiger partial charge in [-0.25, -0.2) is 9.97 Å². The monoisotopic (exact) mass is 1130 g/mol. The largest absolute Gasteiger partial charge is 0.347 e. The van der Waals surface area contributed by atoms with Crippen molar-refractivity contribution < 1.29 is 28.8 Å². The van der Waals surface area contributed by atoms with Crippen LogP contribution in [0.4, 0.5) is 0 Å². The number of aromatic nitrogens is 4. The minimum atomic E-state index is -0.753. The van der Waals surface area contributed by atoms with Crippen molar-refractivity contribution in [3.05, 3.63) is 156 Å². The van der Waals surface area contributed by atoms with E-state index in [1.165, 1.54) is 0 Å². The number of nitrogens with one attached hydrogen (secondary N) is 6. The summed E-state index contributed by atoms with van der Waals surface area (Å²) in [4.78, 5) is 99.9. The van der Waals surface area contributed by atoms with Crippen LogP contribution in [0.3, 0.4) is 0 Å². The number of nitrogens with zero attached hydrogens (tertiary/aromatic N) is 6. The SMILES string of the molecule is CNC(C)C(=O)NC(C(=O)N1CC(NC(=O)c2ccc(C(=O)NC3CC(c4cn5c(-c6ccccc6)cccc5n4)N(C(=O)C(NC(=O)C(C)NC)C4CCCCC4)C3)cc2)CC1c1cn2c(-c3ccccc3)cccc2n1)C1CCCCC1. The summed E-state index contributed by atoms with van der Waals surface area (Å²) in [5, 5.41) is 18.7. The Morgan fingerprint density at radius 1 is 0.476 bits per heavy atom. The molecule has 6 amide bonds. The van der Waals surface area contributed by atoms with Gasteiger partial charge in [0.05, 0.1) is 46.9 Å². The number of carbonyl (C=O) groups excluding carboxylic acids is 6. The van der Waals surface area contributed by atoms with Crippen molar-refractivity contribution in [1.29, 1.82) is 0 Å². The maximum Gasteiger partial charge on any atom is 0.251 e. The standard InChI is InChI=1S/C66H78N12O6/c1-41(67-3)61(79)73-59(45-23-13-7-14-24-45)65(83)77-37-49(35-55(77)51-39-75-53(27-17-29-57(75)71-51)43-19-9-5-10-20-43)69-63(81)47-31-33-48(34-32-47)64(82)70-50-36-56(52-40-76-54(28-18-30-58(76)72-52)44-21-11-6-12-22-44)78(38-50)66(84)60(46-25-15-8-16-26-46)74-62(80)42(2)68-4/h5-6,9-12,17-22,27-34,39-42,45-46,49-50,55-56,59-60,67-68H,7-8,13-16,23-26,35-38H2,1-4H3,(H,69,81)(H,70,82)(H,73,79)(H,74,80). The second-order valence-electron chi connectivity index (χ2n) is 23.5. The van der Waals surface area contributed by atoms with E-state index in [2.05, 4.69) is 31.9 Å². The van der Waals surface area contributed by atoms with Gasteiger partial charge in [0.1, 0.15) is 23.4 Å². The maximum atomic E-state index is 15.2. The average molecular weight is 1140 g/mol. The quantitative estimate of drug-likeness (QED) is 0.0490. The molecule has 18 heteroatoms. The molecular weight excluding hydrogens is 1060 g/mol. The van der Waals surface area contributed by atoms with Gasteiger partial charge in [0.15, 0.2) is 0 Å². The summed E-state index contributed by atoms with van der Waals surface area (Å²) in [7, 11) is 3.45. The van der Waals surface area contributed by atoms with Crippen LogP contribution in [0, 0.1) is 11.8 Å². The zero-order valence-electron chi connectivity index (χ0n) is 48.5. The van der Waals surface area contributed by atoms with Crippen molar-refractivity contribution in [2.24, 2.45) is 11.8 Å². The summed E-state index contributed by atoms with van der Waals surface area (Å²) < 4.78 is 4.08. The number of amides is 6. The van der Waals surface area contributed by atoms with Gasteiger partial charge in [-0.1, -0.05) is 111 Å². The first-order valence-corrected chi connectivity index (χ1v) is 30.2. The van der Waals surface area contributed by atoms with E-state index in [-0.39, 0.29) is 60.4 Å². The Hall–Kier alpha value is -8.22. The van der Waals surface area contributed by atoms with Crippen molar-refractivity contribution in [2.45, 2.75) is 139 Å². The van der Waals surface area contributed by atoms with Gasteiger partial charge in [-0.2, -0.15) is 0 Å². The molecule has 0 spiro atoms. The van der Waals surface area contributed by atoms with Crippen LogP contribution in [-0.4, -0.2) is 127 Å². The van der Waals surface area contributed by atoms with E-state index in [4.69, 9.17) is 9.97 Å². The van der Waals surface area contributed by atoms with Crippen LogP contribution in [0.2, 0.25) is 0 Å². The molecule has 8 atom stereocenters. The predicted molar refractivity (Wildman–Crippen MR) is 322 cm³/mol. The maximum absolute atomic E-state index is 15.2. The molecule has 11 rings (SSSR count). The number of hydrogen-bond donors (Lipinski definition) is 6. The van der Waals surface area contributed by atoms with Gasteiger partial charge in [0.25, 0.3) is 11.8 Å². The van der Waals surface area contributed by atoms with Crippen LogP contribution in [-0.2, 0) is 19.2 Å². The molecule has 2 saturated heterocycles. The molecular formula is C66H78N12O6. The second-order valence-corrected chi connectivity index (χ2v) is 23.5. The van der Waals surface area contributed by atoms with Gasteiger partial charge >= 0.3 is 0 Å². The van der Waals surface area contributed by atoms with Crippen LogP contribution in [0.1, 0.15) is 135 Å².